The molecule has 0 spiro atoms. The molecular formula is C14H29N3O. The van der Waals surface area contributed by atoms with Gasteiger partial charge in [0, 0.05) is 26.7 Å². The zero-order chi connectivity index (χ0) is 13.5. The number of carbonyl (C=O) groups is 1. The maximum Gasteiger partial charge on any atom is 0.239 e. The predicted octanol–water partition coefficient (Wildman–Crippen LogP) is 1.32. The lowest BCUT2D eigenvalue weighted by molar-refractivity contribution is -0.135. The molecule has 1 aliphatic heterocycles. The lowest BCUT2D eigenvalue weighted by Crippen LogP contribution is -2.54. The van der Waals surface area contributed by atoms with Crippen molar-refractivity contribution in [2.24, 2.45) is 0 Å². The van der Waals surface area contributed by atoms with E-state index in [1.165, 1.54) is 25.7 Å². The Kier molecular flexibility index (Phi) is 6.65. The number of hydrogen-bond donors (Lipinski definition) is 1. The van der Waals surface area contributed by atoms with Gasteiger partial charge >= 0.3 is 0 Å². The van der Waals surface area contributed by atoms with Crippen molar-refractivity contribution in [2.75, 3.05) is 33.7 Å². The van der Waals surface area contributed by atoms with Gasteiger partial charge in [0.1, 0.15) is 0 Å². The molecule has 4 nitrogen and oxygen atoms in total. The number of piperidine rings is 1. The molecule has 4 heteroatoms. The van der Waals surface area contributed by atoms with Crippen molar-refractivity contribution in [1.82, 2.24) is 15.1 Å². The second-order valence-electron chi connectivity index (χ2n) is 5.50. The number of nitrogens with one attached hydrogen (secondary N) is 1. The minimum absolute atomic E-state index is 0.00808. The molecule has 1 aliphatic rings. The molecule has 1 heterocycles. The summed E-state index contributed by atoms with van der Waals surface area (Å²) >= 11 is 0. The average molecular weight is 255 g/mol. The van der Waals surface area contributed by atoms with Crippen LogP contribution < -0.4 is 5.32 Å². The molecule has 0 aromatic rings. The first-order valence-electron chi connectivity index (χ1n) is 7.25. The SMILES string of the molecule is CCCNCC1CCCCN1C(C)C(=O)N(C)C. The minimum Gasteiger partial charge on any atom is -0.347 e. The first-order valence-corrected chi connectivity index (χ1v) is 7.25. The number of nitrogens with zero attached hydrogens (tertiary/aromatic N) is 2. The molecule has 1 rings (SSSR count). The largest absolute Gasteiger partial charge is 0.347 e. The molecule has 0 saturated carbocycles. The molecule has 0 radical (unpaired) electrons. The number of likely N-dealkylation sites (N-methyl/N-ethyl adjacent to an activating group) is 1. The second kappa shape index (κ2) is 7.74. The van der Waals surface area contributed by atoms with Crippen molar-refractivity contribution < 1.29 is 4.79 Å². The third-order valence-electron chi connectivity index (χ3n) is 3.78. The number of amides is 1. The Morgan fingerprint density at radius 1 is 1.44 bits per heavy atom. The van der Waals surface area contributed by atoms with Crippen LogP contribution in [0.25, 0.3) is 0 Å². The van der Waals surface area contributed by atoms with Gasteiger partial charge in [0.15, 0.2) is 0 Å². The second-order valence-corrected chi connectivity index (χ2v) is 5.50. The average Bonchev–Trinajstić information content (AvgIpc) is 2.38. The van der Waals surface area contributed by atoms with Crippen LogP contribution in [0.5, 0.6) is 0 Å². The Balaban J connectivity index is 2.55. The van der Waals surface area contributed by atoms with E-state index in [9.17, 15) is 4.79 Å². The van der Waals surface area contributed by atoms with Crippen LogP contribution in [0.3, 0.4) is 0 Å². The van der Waals surface area contributed by atoms with E-state index in [0.29, 0.717) is 6.04 Å². The van der Waals surface area contributed by atoms with E-state index in [-0.39, 0.29) is 11.9 Å². The number of likely N-dealkylation sites (tertiary alicyclic amines) is 1. The topological polar surface area (TPSA) is 35.6 Å². The van der Waals surface area contributed by atoms with E-state index >= 15 is 0 Å². The van der Waals surface area contributed by atoms with E-state index in [1.54, 1.807) is 4.90 Å². The lowest BCUT2D eigenvalue weighted by atomic mass is 9.99. The Labute approximate surface area is 112 Å². The molecule has 0 bridgehead atoms. The van der Waals surface area contributed by atoms with Crippen LogP contribution in [0.1, 0.15) is 39.5 Å². The van der Waals surface area contributed by atoms with Gasteiger partial charge in [-0.1, -0.05) is 13.3 Å². The molecule has 1 N–H and O–H groups in total. The van der Waals surface area contributed by atoms with Crippen LogP contribution in [0.15, 0.2) is 0 Å². The quantitative estimate of drug-likeness (QED) is 0.727. The van der Waals surface area contributed by atoms with E-state index in [1.807, 2.05) is 21.0 Å². The van der Waals surface area contributed by atoms with Crippen molar-refractivity contribution in [2.45, 2.75) is 51.6 Å². The maximum absolute atomic E-state index is 12.1. The van der Waals surface area contributed by atoms with Crippen molar-refractivity contribution >= 4 is 5.91 Å². The van der Waals surface area contributed by atoms with Crippen LogP contribution in [-0.2, 0) is 4.79 Å². The standard InChI is InChI=1S/C14H29N3O/c1-5-9-15-11-13-8-6-7-10-17(13)12(2)14(18)16(3)4/h12-13,15H,5-11H2,1-4H3. The van der Waals surface area contributed by atoms with Crippen molar-refractivity contribution in [3.8, 4) is 0 Å². The zero-order valence-corrected chi connectivity index (χ0v) is 12.4. The normalized spacial score (nSPS) is 22.8. The van der Waals surface area contributed by atoms with E-state index in [4.69, 9.17) is 0 Å². The van der Waals surface area contributed by atoms with Crippen molar-refractivity contribution in [3.05, 3.63) is 0 Å². The van der Waals surface area contributed by atoms with E-state index < -0.39 is 0 Å². The van der Waals surface area contributed by atoms with E-state index in [0.717, 1.165) is 19.6 Å². The van der Waals surface area contributed by atoms with Crippen LogP contribution in [0.4, 0.5) is 0 Å². The summed E-state index contributed by atoms with van der Waals surface area (Å²) in [4.78, 5) is 16.2. The third kappa shape index (κ3) is 4.25. The lowest BCUT2D eigenvalue weighted by Gasteiger charge is -2.40. The highest BCUT2D eigenvalue weighted by atomic mass is 16.2. The van der Waals surface area contributed by atoms with Crippen molar-refractivity contribution in [1.29, 1.82) is 0 Å². The summed E-state index contributed by atoms with van der Waals surface area (Å²) in [7, 11) is 3.68. The summed E-state index contributed by atoms with van der Waals surface area (Å²) < 4.78 is 0. The predicted molar refractivity (Wildman–Crippen MR) is 75.7 cm³/mol. The molecule has 2 unspecified atom stereocenters. The molecule has 0 aromatic heterocycles. The summed E-state index contributed by atoms with van der Waals surface area (Å²) in [6.07, 6.45) is 4.88. The third-order valence-corrected chi connectivity index (χ3v) is 3.78. The highest BCUT2D eigenvalue weighted by Gasteiger charge is 2.30. The van der Waals surface area contributed by atoms with Crippen molar-refractivity contribution in [3.63, 3.8) is 0 Å². The molecule has 1 amide bonds. The highest BCUT2D eigenvalue weighted by molar-refractivity contribution is 5.81. The summed E-state index contributed by atoms with van der Waals surface area (Å²) in [5.41, 5.74) is 0. The Morgan fingerprint density at radius 2 is 2.17 bits per heavy atom. The minimum atomic E-state index is 0.00808. The van der Waals surface area contributed by atoms with Crippen LogP contribution in [0, 0.1) is 0 Å². The Morgan fingerprint density at radius 3 is 2.78 bits per heavy atom. The van der Waals surface area contributed by atoms with Gasteiger partial charge in [-0.2, -0.15) is 0 Å². The maximum atomic E-state index is 12.1. The first kappa shape index (κ1) is 15.4. The fraction of sp³-hybridized carbons (Fsp3) is 0.929. The van der Waals surface area contributed by atoms with Gasteiger partial charge in [0.25, 0.3) is 0 Å². The Bertz CT molecular complexity index is 255. The zero-order valence-electron chi connectivity index (χ0n) is 12.4. The van der Waals surface area contributed by atoms with Gasteiger partial charge < -0.3 is 10.2 Å². The molecule has 0 aromatic carbocycles. The number of rotatable bonds is 6. The summed E-state index contributed by atoms with van der Waals surface area (Å²) in [6.45, 7) is 7.36. The molecular weight excluding hydrogens is 226 g/mol. The molecule has 106 valence electrons. The molecule has 1 saturated heterocycles. The van der Waals surface area contributed by atoms with Crippen LogP contribution >= 0.6 is 0 Å². The number of hydrogen-bond acceptors (Lipinski definition) is 3. The fourth-order valence-corrected chi connectivity index (χ4v) is 2.71. The first-order chi connectivity index (χ1) is 8.57. The summed E-state index contributed by atoms with van der Waals surface area (Å²) in [6, 6.07) is 0.526. The molecule has 0 aliphatic carbocycles. The van der Waals surface area contributed by atoms with Gasteiger partial charge in [-0.15, -0.1) is 0 Å². The van der Waals surface area contributed by atoms with Gasteiger partial charge in [0.05, 0.1) is 6.04 Å². The molecule has 1 fully saturated rings. The van der Waals surface area contributed by atoms with E-state index in [2.05, 4.69) is 17.1 Å². The van der Waals surface area contributed by atoms with Gasteiger partial charge in [-0.05, 0) is 39.3 Å². The monoisotopic (exact) mass is 255 g/mol. The number of carbonyl (C=O) groups excluding carboxylic acids is 1. The van der Waals surface area contributed by atoms with Crippen LogP contribution in [-0.4, -0.2) is 61.5 Å². The molecule has 18 heavy (non-hydrogen) atoms. The summed E-state index contributed by atoms with van der Waals surface area (Å²) in [5, 5.41) is 3.49. The van der Waals surface area contributed by atoms with Gasteiger partial charge in [-0.3, -0.25) is 9.69 Å². The highest BCUT2D eigenvalue weighted by Crippen LogP contribution is 2.19. The smallest absolute Gasteiger partial charge is 0.239 e. The fourth-order valence-electron chi connectivity index (χ4n) is 2.71. The van der Waals surface area contributed by atoms with Gasteiger partial charge in [0.2, 0.25) is 5.91 Å². The summed E-state index contributed by atoms with van der Waals surface area (Å²) in [5.74, 6) is 0.220. The van der Waals surface area contributed by atoms with Crippen LogP contribution in [0.2, 0.25) is 0 Å². The molecule has 2 atom stereocenters. The van der Waals surface area contributed by atoms with Gasteiger partial charge in [-0.25, -0.2) is 0 Å². The Hall–Kier alpha value is -0.610.